The summed E-state index contributed by atoms with van der Waals surface area (Å²) in [6.45, 7) is 6.94. The first-order chi connectivity index (χ1) is 43.7. The number of carbonyl (C=O) groups is 11. The van der Waals surface area contributed by atoms with E-state index >= 15 is 0 Å². The molecule has 2 fully saturated rings. The van der Waals surface area contributed by atoms with Gasteiger partial charge < -0.3 is 66.5 Å². The van der Waals surface area contributed by atoms with E-state index < -0.39 is 23.9 Å². The van der Waals surface area contributed by atoms with Crippen molar-refractivity contribution in [3.05, 3.63) is 12.2 Å². The Hall–Kier alpha value is -5.22. The van der Waals surface area contributed by atoms with Crippen molar-refractivity contribution in [2.24, 2.45) is 17.4 Å². The molecular weight excluding hydrogens is 1180 g/mol. The molecule has 9 N–H and O–H groups in total. The molecule has 3 heterocycles. The molecule has 0 radical (unpaired) electrons. The van der Waals surface area contributed by atoms with Crippen molar-refractivity contribution in [2.45, 2.75) is 210 Å². The van der Waals surface area contributed by atoms with E-state index in [1.165, 1.54) is 17.1 Å². The molecule has 0 bridgehead atoms. The van der Waals surface area contributed by atoms with E-state index in [1.807, 2.05) is 11.8 Å². The van der Waals surface area contributed by atoms with Gasteiger partial charge in [-0.25, -0.2) is 0 Å². The highest BCUT2D eigenvalue weighted by molar-refractivity contribution is 8.00. The number of unbranched alkanes of at least 4 members (excludes halogenated alkanes) is 8. The van der Waals surface area contributed by atoms with Gasteiger partial charge in [-0.2, -0.15) is 11.8 Å². The number of carbonyl (C=O) groups excluding carboxylic acids is 11. The molecule has 0 aromatic rings. The predicted molar refractivity (Wildman–Crippen MR) is 339 cm³/mol. The number of nitrogens with two attached hydrogens (primary N) is 2. The van der Waals surface area contributed by atoms with Crippen molar-refractivity contribution in [3.8, 4) is 0 Å². The van der Waals surface area contributed by atoms with Gasteiger partial charge in [-0.15, -0.1) is 0 Å². The van der Waals surface area contributed by atoms with Crippen LogP contribution in [0.5, 0.6) is 0 Å². The van der Waals surface area contributed by atoms with Gasteiger partial charge in [0.15, 0.2) is 5.78 Å². The number of hydrogen-bond acceptors (Lipinski definition) is 19. The number of amides is 8. The van der Waals surface area contributed by atoms with Crippen LogP contribution in [0.2, 0.25) is 0 Å². The highest BCUT2D eigenvalue weighted by atomic mass is 32.2. The Morgan fingerprint density at radius 2 is 0.967 bits per heavy atom. The average molecular weight is 1290 g/mol. The van der Waals surface area contributed by atoms with Gasteiger partial charge in [0.05, 0.1) is 58.9 Å². The molecule has 5 unspecified atom stereocenters. The van der Waals surface area contributed by atoms with Crippen molar-refractivity contribution in [1.29, 1.82) is 0 Å². The van der Waals surface area contributed by atoms with Crippen molar-refractivity contribution in [3.63, 3.8) is 0 Å². The SMILES string of the molecule is NCCCCC(NC(=O)CCC(=O)CCCCOCCOCCOCCCNC(=O)CCCCCN1C(=O)C=CC1=O)C(=O)CCCCOCCOCCOCCCCC(=O)CCC(=O)NC(CCCCNC(=O)CCCCC1SCC2CC(=O)NC21)C(N)=O. The molecule has 25 nitrogen and oxygen atoms in total. The first kappa shape index (κ1) is 79.0. The molecule has 8 amide bonds. The zero-order chi connectivity index (χ0) is 65.2. The number of rotatable bonds is 61. The number of hydrogen-bond donors (Lipinski definition) is 7. The topological polar surface area (TPSA) is 359 Å². The zero-order valence-corrected chi connectivity index (χ0v) is 54.3. The van der Waals surface area contributed by atoms with Gasteiger partial charge in [0.1, 0.15) is 17.6 Å². The van der Waals surface area contributed by atoms with Gasteiger partial charge in [-0.1, -0.05) is 12.8 Å². The number of fused-ring (bicyclic) bond motifs is 1. The number of nitrogens with zero attached hydrogens (tertiary/aromatic N) is 1. The Labute approximate surface area is 537 Å². The number of nitrogens with one attached hydrogen (secondary N) is 5. The van der Waals surface area contributed by atoms with Crippen LogP contribution in [0.4, 0.5) is 0 Å². The van der Waals surface area contributed by atoms with Gasteiger partial charge in [0, 0.05) is 134 Å². The number of Topliss-reactive ketones (excluding diaryl/α,β-unsaturated/α-hetero) is 3. The first-order valence-corrected chi connectivity index (χ1v) is 34.3. The van der Waals surface area contributed by atoms with Crippen molar-refractivity contribution in [2.75, 3.05) is 111 Å². The molecule has 3 aliphatic rings. The third-order valence-corrected chi connectivity index (χ3v) is 17.2. The minimum atomic E-state index is -0.849. The number of ether oxygens (including phenoxy) is 6. The molecule has 5 atom stereocenters. The second-order valence-electron chi connectivity index (χ2n) is 23.2. The Kier molecular flexibility index (Phi) is 45.0. The monoisotopic (exact) mass is 1290 g/mol. The number of primary amides is 1. The molecule has 0 aromatic heterocycles. The van der Waals surface area contributed by atoms with E-state index in [1.54, 1.807) is 0 Å². The van der Waals surface area contributed by atoms with Gasteiger partial charge in [-0.3, -0.25) is 57.6 Å². The molecule has 3 aliphatic heterocycles. The molecule has 26 heteroatoms. The Morgan fingerprint density at radius 3 is 1.51 bits per heavy atom. The van der Waals surface area contributed by atoms with Crippen LogP contribution < -0.4 is 38.1 Å². The number of thioether (sulfide) groups is 1. The van der Waals surface area contributed by atoms with Crippen LogP contribution in [0.25, 0.3) is 0 Å². The largest absolute Gasteiger partial charge is 0.379 e. The Bertz CT molecular complexity index is 2160. The summed E-state index contributed by atoms with van der Waals surface area (Å²) in [5.74, 6) is -0.512. The minimum Gasteiger partial charge on any atom is -0.379 e. The number of imide groups is 1. The highest BCUT2D eigenvalue weighted by Gasteiger charge is 2.42. The summed E-state index contributed by atoms with van der Waals surface area (Å²) in [5, 5.41) is 14.8. The third kappa shape index (κ3) is 39.2. The smallest absolute Gasteiger partial charge is 0.253 e. The van der Waals surface area contributed by atoms with Crippen LogP contribution in [0.3, 0.4) is 0 Å². The predicted octanol–water partition coefficient (Wildman–Crippen LogP) is 3.91. The quantitative estimate of drug-likeness (QED) is 0.0335. The van der Waals surface area contributed by atoms with Crippen LogP contribution >= 0.6 is 11.8 Å². The fraction of sp³-hybridized carbons (Fsp3) is 0.797. The Morgan fingerprint density at radius 1 is 0.500 bits per heavy atom. The van der Waals surface area contributed by atoms with Crippen LogP contribution in [-0.2, 0) is 81.2 Å². The van der Waals surface area contributed by atoms with E-state index in [9.17, 15) is 52.7 Å². The summed E-state index contributed by atoms with van der Waals surface area (Å²) in [4.78, 5) is 136. The van der Waals surface area contributed by atoms with Crippen molar-refractivity contribution < 1.29 is 81.2 Å². The molecule has 2 saturated heterocycles. The van der Waals surface area contributed by atoms with Gasteiger partial charge in [0.2, 0.25) is 35.4 Å². The second-order valence-corrected chi connectivity index (χ2v) is 24.5. The summed E-state index contributed by atoms with van der Waals surface area (Å²) in [7, 11) is 0. The molecule has 90 heavy (non-hydrogen) atoms. The number of ketones is 3. The standard InChI is InChI=1S/C64H108N8O17S/c65-31-10-5-19-52(69-58(78)27-25-50(73)17-7-13-35-85-40-44-89-46-42-87-38-16-33-68-56(76)23-2-1-12-34-72-61(81)29-30-62(72)82)54(75)21-9-15-37-86-41-45-88-43-39-84-36-14-8-18-51(74)26-28-59(79)70-53(64(66)83)20-6-11-32-67-57(77)24-4-3-22-55-63-49(48-90-55)47-60(80)71-63/h29-30,49,52-53,55,63H,1-28,31-48,65H2,(H2,66,83)(H,67,77)(H,68,76)(H,69,78)(H,70,79)(H,71,80). The average Bonchev–Trinajstić information content (AvgIpc) is 2.30. The minimum absolute atomic E-state index is 0.0165. The summed E-state index contributed by atoms with van der Waals surface area (Å²) in [6.07, 6.45) is 17.9. The first-order valence-electron chi connectivity index (χ1n) is 33.2. The molecule has 512 valence electrons. The molecule has 0 saturated carbocycles. The zero-order valence-electron chi connectivity index (χ0n) is 53.5. The van der Waals surface area contributed by atoms with Crippen LogP contribution in [0.1, 0.15) is 186 Å². The molecular formula is C64H108N8O17S. The normalized spacial score (nSPS) is 16.7. The van der Waals surface area contributed by atoms with Gasteiger partial charge >= 0.3 is 0 Å². The summed E-state index contributed by atoms with van der Waals surface area (Å²) < 4.78 is 33.6. The van der Waals surface area contributed by atoms with E-state index in [0.717, 1.165) is 37.9 Å². The Balaban J connectivity index is 1.04. The second kappa shape index (κ2) is 51.3. The molecule has 0 aromatic carbocycles. The highest BCUT2D eigenvalue weighted by Crippen LogP contribution is 2.39. The lowest BCUT2D eigenvalue weighted by atomic mass is 9.97. The third-order valence-electron chi connectivity index (χ3n) is 15.6. The van der Waals surface area contributed by atoms with Gasteiger partial charge in [0.25, 0.3) is 11.8 Å². The van der Waals surface area contributed by atoms with Crippen molar-refractivity contribution >= 4 is 76.4 Å². The lowest BCUT2D eigenvalue weighted by Crippen LogP contribution is -2.44. The van der Waals surface area contributed by atoms with E-state index in [0.29, 0.717) is 245 Å². The van der Waals surface area contributed by atoms with E-state index in [2.05, 4.69) is 26.6 Å². The fourth-order valence-electron chi connectivity index (χ4n) is 10.4. The lowest BCUT2D eigenvalue weighted by Gasteiger charge is -2.18. The van der Waals surface area contributed by atoms with Crippen LogP contribution in [0, 0.1) is 5.92 Å². The molecule has 0 spiro atoms. The molecule has 3 rings (SSSR count). The van der Waals surface area contributed by atoms with E-state index in [4.69, 9.17) is 39.9 Å². The maximum absolute atomic E-state index is 13.1. The maximum atomic E-state index is 13.1. The van der Waals surface area contributed by atoms with Gasteiger partial charge in [-0.05, 0) is 127 Å². The van der Waals surface area contributed by atoms with Crippen molar-refractivity contribution in [1.82, 2.24) is 31.5 Å². The summed E-state index contributed by atoms with van der Waals surface area (Å²) in [5.41, 5.74) is 11.2. The lowest BCUT2D eigenvalue weighted by molar-refractivity contribution is -0.137. The summed E-state index contributed by atoms with van der Waals surface area (Å²) >= 11 is 1.92. The summed E-state index contributed by atoms with van der Waals surface area (Å²) in [6, 6.07) is -1.21. The maximum Gasteiger partial charge on any atom is 0.253 e. The fourth-order valence-corrected chi connectivity index (χ4v) is 12.0. The van der Waals surface area contributed by atoms with Crippen LogP contribution in [0.15, 0.2) is 12.2 Å². The van der Waals surface area contributed by atoms with Crippen LogP contribution in [-0.4, -0.2) is 204 Å². The van der Waals surface area contributed by atoms with E-state index in [-0.39, 0.29) is 84.5 Å². The molecule has 0 aliphatic carbocycles.